The van der Waals surface area contributed by atoms with Crippen LogP contribution in [-0.2, 0) is 12.4 Å². The van der Waals surface area contributed by atoms with Crippen LogP contribution in [0.4, 0.5) is 4.39 Å². The highest BCUT2D eigenvalue weighted by molar-refractivity contribution is 6.17. The summed E-state index contributed by atoms with van der Waals surface area (Å²) in [5.74, 6) is 0.969. The Labute approximate surface area is 128 Å². The SMILES string of the molecule is CCCn1c(-c2cccc(CCl)c2)nc2c(F)cccc21. The van der Waals surface area contributed by atoms with Crippen molar-refractivity contribution in [2.75, 3.05) is 0 Å². The molecule has 2 nitrogen and oxygen atoms in total. The van der Waals surface area contributed by atoms with Gasteiger partial charge in [0.25, 0.3) is 0 Å². The lowest BCUT2D eigenvalue weighted by Crippen LogP contribution is -2.00. The predicted octanol–water partition coefficient (Wildman–Crippen LogP) is 4.99. The second-order valence-corrected chi connectivity index (χ2v) is 5.30. The predicted molar refractivity (Wildman–Crippen MR) is 85.0 cm³/mol. The Hall–Kier alpha value is -1.87. The minimum absolute atomic E-state index is 0.280. The second-order valence-electron chi connectivity index (χ2n) is 5.03. The number of hydrogen-bond donors (Lipinski definition) is 0. The number of benzene rings is 2. The molecule has 21 heavy (non-hydrogen) atoms. The third-order valence-corrected chi connectivity index (χ3v) is 3.82. The summed E-state index contributed by atoms with van der Waals surface area (Å²) in [5, 5.41) is 0. The molecule has 4 heteroatoms. The van der Waals surface area contributed by atoms with Crippen molar-refractivity contribution in [2.45, 2.75) is 25.8 Å². The Kier molecular flexibility index (Phi) is 3.93. The van der Waals surface area contributed by atoms with Gasteiger partial charge in [0.15, 0.2) is 5.82 Å². The number of halogens is 2. The topological polar surface area (TPSA) is 17.8 Å². The monoisotopic (exact) mass is 302 g/mol. The molecule has 1 heterocycles. The van der Waals surface area contributed by atoms with E-state index in [0.717, 1.165) is 35.4 Å². The van der Waals surface area contributed by atoms with Crippen molar-refractivity contribution < 1.29 is 4.39 Å². The fourth-order valence-corrected chi connectivity index (χ4v) is 2.74. The van der Waals surface area contributed by atoms with Crippen LogP contribution in [0.3, 0.4) is 0 Å². The summed E-state index contributed by atoms with van der Waals surface area (Å²) in [5.41, 5.74) is 3.27. The van der Waals surface area contributed by atoms with Crippen molar-refractivity contribution in [3.05, 3.63) is 53.8 Å². The van der Waals surface area contributed by atoms with E-state index in [9.17, 15) is 4.39 Å². The van der Waals surface area contributed by atoms with Gasteiger partial charge in [-0.1, -0.05) is 31.2 Å². The van der Waals surface area contributed by atoms with E-state index in [4.69, 9.17) is 11.6 Å². The molecule has 0 aliphatic rings. The zero-order chi connectivity index (χ0) is 14.8. The summed E-state index contributed by atoms with van der Waals surface area (Å²) in [6.45, 7) is 2.91. The average Bonchev–Trinajstić information content (AvgIpc) is 2.88. The molecule has 0 saturated carbocycles. The van der Waals surface area contributed by atoms with Gasteiger partial charge in [-0.25, -0.2) is 9.37 Å². The summed E-state index contributed by atoms with van der Waals surface area (Å²) >= 11 is 5.90. The van der Waals surface area contributed by atoms with Crippen LogP contribution < -0.4 is 0 Å². The molecular formula is C17H16ClFN2. The molecule has 0 fully saturated rings. The number of alkyl halides is 1. The van der Waals surface area contributed by atoms with Crippen molar-refractivity contribution >= 4 is 22.6 Å². The van der Waals surface area contributed by atoms with Gasteiger partial charge in [0.2, 0.25) is 0 Å². The minimum atomic E-state index is -0.280. The third kappa shape index (κ3) is 2.54. The smallest absolute Gasteiger partial charge is 0.151 e. The first kappa shape index (κ1) is 14.1. The van der Waals surface area contributed by atoms with Crippen LogP contribution in [0.5, 0.6) is 0 Å². The van der Waals surface area contributed by atoms with Gasteiger partial charge in [0.05, 0.1) is 5.52 Å². The fourth-order valence-electron chi connectivity index (χ4n) is 2.58. The Morgan fingerprint density at radius 3 is 2.76 bits per heavy atom. The van der Waals surface area contributed by atoms with Gasteiger partial charge in [0, 0.05) is 18.0 Å². The van der Waals surface area contributed by atoms with E-state index in [1.807, 2.05) is 30.3 Å². The van der Waals surface area contributed by atoms with Gasteiger partial charge in [-0.2, -0.15) is 0 Å². The van der Waals surface area contributed by atoms with Crippen molar-refractivity contribution in [3.8, 4) is 11.4 Å². The van der Waals surface area contributed by atoms with Gasteiger partial charge < -0.3 is 4.57 Å². The highest BCUT2D eigenvalue weighted by Crippen LogP contribution is 2.27. The first-order valence-electron chi connectivity index (χ1n) is 7.04. The Balaban J connectivity index is 2.25. The lowest BCUT2D eigenvalue weighted by atomic mass is 10.1. The van der Waals surface area contributed by atoms with Crippen LogP contribution in [0.15, 0.2) is 42.5 Å². The molecule has 2 aromatic carbocycles. The standard InChI is InChI=1S/C17H16ClFN2/c1-2-9-21-15-8-4-7-14(19)16(15)20-17(21)13-6-3-5-12(10-13)11-18/h3-8,10H,2,9,11H2,1H3. The van der Waals surface area contributed by atoms with Gasteiger partial charge >= 0.3 is 0 Å². The average molecular weight is 303 g/mol. The first-order chi connectivity index (χ1) is 10.2. The molecule has 0 spiro atoms. The summed E-state index contributed by atoms with van der Waals surface area (Å²) < 4.78 is 16.1. The van der Waals surface area contributed by atoms with Gasteiger partial charge in [0.1, 0.15) is 11.3 Å². The Bertz CT molecular complexity index is 780. The van der Waals surface area contributed by atoms with Crippen molar-refractivity contribution in [3.63, 3.8) is 0 Å². The molecule has 108 valence electrons. The normalized spacial score (nSPS) is 11.2. The van der Waals surface area contributed by atoms with Crippen molar-refractivity contribution in [1.29, 1.82) is 0 Å². The molecule has 0 aliphatic heterocycles. The molecule has 0 amide bonds. The molecule has 3 rings (SSSR count). The van der Waals surface area contributed by atoms with Gasteiger partial charge in [-0.15, -0.1) is 11.6 Å². The van der Waals surface area contributed by atoms with Crippen LogP contribution in [0.2, 0.25) is 0 Å². The number of imidazole rings is 1. The van der Waals surface area contributed by atoms with Gasteiger partial charge in [-0.3, -0.25) is 0 Å². The van der Waals surface area contributed by atoms with E-state index >= 15 is 0 Å². The highest BCUT2D eigenvalue weighted by Gasteiger charge is 2.14. The highest BCUT2D eigenvalue weighted by atomic mass is 35.5. The van der Waals surface area contributed by atoms with Crippen LogP contribution in [0.25, 0.3) is 22.4 Å². The number of aryl methyl sites for hydroxylation is 1. The first-order valence-corrected chi connectivity index (χ1v) is 7.58. The van der Waals surface area contributed by atoms with Crippen molar-refractivity contribution in [2.24, 2.45) is 0 Å². The summed E-state index contributed by atoms with van der Waals surface area (Å²) in [4.78, 5) is 4.52. The number of rotatable bonds is 4. The van der Waals surface area contributed by atoms with E-state index in [1.54, 1.807) is 6.07 Å². The number of nitrogens with zero attached hydrogens (tertiary/aromatic N) is 2. The minimum Gasteiger partial charge on any atom is -0.324 e. The lowest BCUT2D eigenvalue weighted by molar-refractivity contribution is 0.637. The van der Waals surface area contributed by atoms with E-state index in [1.165, 1.54) is 6.07 Å². The molecule has 1 aromatic heterocycles. The maximum Gasteiger partial charge on any atom is 0.151 e. The molecule has 0 N–H and O–H groups in total. The Morgan fingerprint density at radius 2 is 2.00 bits per heavy atom. The molecule has 3 aromatic rings. The lowest BCUT2D eigenvalue weighted by Gasteiger charge is -2.08. The van der Waals surface area contributed by atoms with Crippen LogP contribution in [0.1, 0.15) is 18.9 Å². The third-order valence-electron chi connectivity index (χ3n) is 3.52. The molecule has 0 unspecified atom stereocenters. The zero-order valence-electron chi connectivity index (χ0n) is 11.8. The summed E-state index contributed by atoms with van der Waals surface area (Å²) in [6, 6.07) is 13.0. The van der Waals surface area contributed by atoms with E-state index in [-0.39, 0.29) is 5.82 Å². The van der Waals surface area contributed by atoms with Crippen LogP contribution in [0, 0.1) is 5.82 Å². The quantitative estimate of drug-likeness (QED) is 0.621. The van der Waals surface area contributed by atoms with Crippen LogP contribution in [-0.4, -0.2) is 9.55 Å². The van der Waals surface area contributed by atoms with Crippen molar-refractivity contribution in [1.82, 2.24) is 9.55 Å². The second kappa shape index (κ2) is 5.86. The maximum absolute atomic E-state index is 14.0. The van der Waals surface area contributed by atoms with E-state index in [0.29, 0.717) is 11.4 Å². The van der Waals surface area contributed by atoms with Gasteiger partial charge in [-0.05, 0) is 30.2 Å². The van der Waals surface area contributed by atoms with E-state index < -0.39 is 0 Å². The number of para-hydroxylation sites is 1. The summed E-state index contributed by atoms with van der Waals surface area (Å²) in [7, 11) is 0. The molecule has 0 aliphatic carbocycles. The molecular weight excluding hydrogens is 287 g/mol. The van der Waals surface area contributed by atoms with Crippen LogP contribution >= 0.6 is 11.6 Å². The van der Waals surface area contributed by atoms with E-state index in [2.05, 4.69) is 16.5 Å². The Morgan fingerprint density at radius 1 is 1.19 bits per heavy atom. The fraction of sp³-hybridized carbons (Fsp3) is 0.235. The summed E-state index contributed by atoms with van der Waals surface area (Å²) in [6.07, 6.45) is 0.962. The number of hydrogen-bond acceptors (Lipinski definition) is 1. The molecule has 0 radical (unpaired) electrons. The molecule has 0 saturated heterocycles. The molecule has 0 bridgehead atoms. The zero-order valence-corrected chi connectivity index (χ0v) is 12.6. The molecule has 0 atom stereocenters. The maximum atomic E-state index is 14.0. The number of fused-ring (bicyclic) bond motifs is 1. The largest absolute Gasteiger partial charge is 0.324 e. The number of aromatic nitrogens is 2.